The minimum absolute atomic E-state index is 0.108. The summed E-state index contributed by atoms with van der Waals surface area (Å²) in [4.78, 5) is 17.2. The fourth-order valence-corrected chi connectivity index (χ4v) is 3.58. The van der Waals surface area contributed by atoms with Crippen LogP contribution in [0, 0.1) is 0 Å². The van der Waals surface area contributed by atoms with Crippen molar-refractivity contribution in [3.05, 3.63) is 59.1 Å². The normalized spacial score (nSPS) is 14.3. The van der Waals surface area contributed by atoms with Crippen LogP contribution in [0.2, 0.25) is 5.02 Å². The van der Waals surface area contributed by atoms with E-state index in [0.717, 1.165) is 30.9 Å². The molecule has 1 saturated heterocycles. The predicted octanol–water partition coefficient (Wildman–Crippen LogP) is 5.01. The third kappa shape index (κ3) is 5.75. The van der Waals surface area contributed by atoms with E-state index in [0.29, 0.717) is 30.7 Å². The lowest BCUT2D eigenvalue weighted by Crippen LogP contribution is -2.47. The number of hydrogen-bond donors (Lipinski definition) is 1. The molecule has 2 aromatic carbocycles. The van der Waals surface area contributed by atoms with Gasteiger partial charge in [0, 0.05) is 42.6 Å². The standard InChI is InChI=1S/C22H22ClF3N6O/c1-2-33-21-29-19(27-17-5-3-4-15(14-17)22(24,25)26)28-20(30-21)32-12-10-31(11-13-32)18-8-6-16(23)7-9-18/h3-9,14H,2,10-13H2,1H3,(H,27,28,29,30). The van der Waals surface area contributed by atoms with Crippen LogP contribution in [0.3, 0.4) is 0 Å². The Bertz CT molecular complexity index is 1090. The number of nitrogens with zero attached hydrogens (tertiary/aromatic N) is 5. The highest BCUT2D eigenvalue weighted by molar-refractivity contribution is 6.30. The van der Waals surface area contributed by atoms with Crippen molar-refractivity contribution < 1.29 is 17.9 Å². The van der Waals surface area contributed by atoms with Crippen LogP contribution in [0.25, 0.3) is 0 Å². The molecule has 1 N–H and O–H groups in total. The fraction of sp³-hybridized carbons (Fsp3) is 0.318. The van der Waals surface area contributed by atoms with Crippen molar-refractivity contribution in [2.24, 2.45) is 0 Å². The number of hydrogen-bond acceptors (Lipinski definition) is 7. The molecule has 0 amide bonds. The summed E-state index contributed by atoms with van der Waals surface area (Å²) in [7, 11) is 0. The van der Waals surface area contributed by atoms with Gasteiger partial charge in [-0.3, -0.25) is 0 Å². The lowest BCUT2D eigenvalue weighted by molar-refractivity contribution is -0.137. The predicted molar refractivity (Wildman–Crippen MR) is 122 cm³/mol. The average Bonchev–Trinajstić information content (AvgIpc) is 2.79. The molecule has 33 heavy (non-hydrogen) atoms. The Morgan fingerprint density at radius 2 is 1.67 bits per heavy atom. The molecule has 174 valence electrons. The minimum atomic E-state index is -4.44. The number of anilines is 4. The summed E-state index contributed by atoms with van der Waals surface area (Å²) in [6, 6.07) is 12.6. The van der Waals surface area contributed by atoms with E-state index >= 15 is 0 Å². The molecule has 2 heterocycles. The lowest BCUT2D eigenvalue weighted by atomic mass is 10.2. The molecule has 1 fully saturated rings. The molecule has 0 bridgehead atoms. The molecule has 0 radical (unpaired) electrons. The zero-order valence-electron chi connectivity index (χ0n) is 17.8. The van der Waals surface area contributed by atoms with Gasteiger partial charge in [0.25, 0.3) is 0 Å². The maximum Gasteiger partial charge on any atom is 0.416 e. The summed E-state index contributed by atoms with van der Waals surface area (Å²) >= 11 is 5.98. The Morgan fingerprint density at radius 1 is 0.970 bits per heavy atom. The second-order valence-electron chi connectivity index (χ2n) is 7.33. The van der Waals surface area contributed by atoms with Crippen LogP contribution in [0.5, 0.6) is 6.01 Å². The van der Waals surface area contributed by atoms with E-state index in [-0.39, 0.29) is 17.6 Å². The maximum absolute atomic E-state index is 13.0. The number of rotatable bonds is 6. The molecular formula is C22H22ClF3N6O. The third-order valence-corrected chi connectivity index (χ3v) is 5.33. The smallest absolute Gasteiger partial charge is 0.416 e. The zero-order chi connectivity index (χ0) is 23.4. The van der Waals surface area contributed by atoms with E-state index in [4.69, 9.17) is 16.3 Å². The zero-order valence-corrected chi connectivity index (χ0v) is 18.6. The van der Waals surface area contributed by atoms with E-state index in [9.17, 15) is 13.2 Å². The maximum atomic E-state index is 13.0. The van der Waals surface area contributed by atoms with E-state index in [1.807, 2.05) is 29.2 Å². The molecule has 4 rings (SSSR count). The van der Waals surface area contributed by atoms with Crippen molar-refractivity contribution >= 4 is 34.9 Å². The summed E-state index contributed by atoms with van der Waals surface area (Å²) in [6.45, 7) is 4.94. The molecule has 0 aliphatic carbocycles. The van der Waals surface area contributed by atoms with Gasteiger partial charge in [-0.2, -0.15) is 28.1 Å². The summed E-state index contributed by atoms with van der Waals surface area (Å²) in [5, 5.41) is 3.53. The first-order valence-electron chi connectivity index (χ1n) is 10.4. The van der Waals surface area contributed by atoms with Crippen LogP contribution in [0.4, 0.5) is 36.4 Å². The number of alkyl halides is 3. The highest BCUT2D eigenvalue weighted by Crippen LogP contribution is 2.31. The highest BCUT2D eigenvalue weighted by atomic mass is 35.5. The van der Waals surface area contributed by atoms with Crippen LogP contribution in [-0.2, 0) is 6.18 Å². The SMILES string of the molecule is CCOc1nc(Nc2cccc(C(F)(F)F)c2)nc(N2CCN(c3ccc(Cl)cc3)CC2)n1. The van der Waals surface area contributed by atoms with Crippen LogP contribution in [-0.4, -0.2) is 47.7 Å². The Kier molecular flexibility index (Phi) is 6.73. The molecule has 0 unspecified atom stereocenters. The van der Waals surface area contributed by atoms with E-state index in [1.54, 1.807) is 6.92 Å². The Morgan fingerprint density at radius 3 is 2.33 bits per heavy atom. The molecule has 11 heteroatoms. The summed E-state index contributed by atoms with van der Waals surface area (Å²) in [6.07, 6.45) is -4.44. The number of benzene rings is 2. The number of nitrogens with one attached hydrogen (secondary N) is 1. The summed E-state index contributed by atoms with van der Waals surface area (Å²) in [5.74, 6) is 0.515. The van der Waals surface area contributed by atoms with Crippen molar-refractivity contribution in [3.8, 4) is 6.01 Å². The molecule has 3 aromatic rings. The van der Waals surface area contributed by atoms with Crippen LogP contribution < -0.4 is 19.9 Å². The van der Waals surface area contributed by atoms with Gasteiger partial charge in [-0.05, 0) is 49.4 Å². The molecule has 0 saturated carbocycles. The molecule has 0 spiro atoms. The van der Waals surface area contributed by atoms with Crippen LogP contribution in [0.1, 0.15) is 12.5 Å². The van der Waals surface area contributed by atoms with Gasteiger partial charge >= 0.3 is 12.2 Å². The second-order valence-corrected chi connectivity index (χ2v) is 7.77. The number of halogens is 4. The van der Waals surface area contributed by atoms with Gasteiger partial charge < -0.3 is 19.9 Å². The average molecular weight is 479 g/mol. The van der Waals surface area contributed by atoms with Crippen LogP contribution in [0.15, 0.2) is 48.5 Å². The van der Waals surface area contributed by atoms with Crippen molar-refractivity contribution in [2.45, 2.75) is 13.1 Å². The van der Waals surface area contributed by atoms with Crippen molar-refractivity contribution in [3.63, 3.8) is 0 Å². The first-order valence-corrected chi connectivity index (χ1v) is 10.8. The van der Waals surface area contributed by atoms with Crippen molar-refractivity contribution in [2.75, 3.05) is 47.9 Å². The lowest BCUT2D eigenvalue weighted by Gasteiger charge is -2.36. The van der Waals surface area contributed by atoms with E-state index in [1.165, 1.54) is 12.1 Å². The van der Waals surface area contributed by atoms with E-state index in [2.05, 4.69) is 25.2 Å². The van der Waals surface area contributed by atoms with Gasteiger partial charge in [0.2, 0.25) is 11.9 Å². The van der Waals surface area contributed by atoms with Gasteiger partial charge in [-0.15, -0.1) is 0 Å². The van der Waals surface area contributed by atoms with E-state index < -0.39 is 11.7 Å². The highest BCUT2D eigenvalue weighted by Gasteiger charge is 2.30. The monoisotopic (exact) mass is 478 g/mol. The van der Waals surface area contributed by atoms with Gasteiger partial charge in [0.15, 0.2) is 0 Å². The van der Waals surface area contributed by atoms with Gasteiger partial charge in [0.05, 0.1) is 12.2 Å². The number of aromatic nitrogens is 3. The van der Waals surface area contributed by atoms with Crippen molar-refractivity contribution in [1.29, 1.82) is 0 Å². The summed E-state index contributed by atoms with van der Waals surface area (Å²) in [5.41, 5.74) is 0.540. The Hall–Kier alpha value is -3.27. The first-order chi connectivity index (χ1) is 15.8. The van der Waals surface area contributed by atoms with Crippen LogP contribution >= 0.6 is 11.6 Å². The number of piperazine rings is 1. The third-order valence-electron chi connectivity index (χ3n) is 5.08. The quantitative estimate of drug-likeness (QED) is 0.534. The largest absolute Gasteiger partial charge is 0.464 e. The Balaban J connectivity index is 1.51. The molecule has 1 aromatic heterocycles. The molecule has 7 nitrogen and oxygen atoms in total. The summed E-state index contributed by atoms with van der Waals surface area (Å²) < 4.78 is 44.6. The van der Waals surface area contributed by atoms with Gasteiger partial charge in [0.1, 0.15) is 0 Å². The fourth-order valence-electron chi connectivity index (χ4n) is 3.46. The number of ether oxygens (including phenoxy) is 1. The minimum Gasteiger partial charge on any atom is -0.464 e. The molecule has 0 atom stereocenters. The first kappa shape index (κ1) is 22.9. The van der Waals surface area contributed by atoms with Crippen molar-refractivity contribution in [1.82, 2.24) is 15.0 Å². The molecular weight excluding hydrogens is 457 g/mol. The molecule has 1 aliphatic heterocycles. The topological polar surface area (TPSA) is 66.4 Å². The van der Waals surface area contributed by atoms with Gasteiger partial charge in [-0.1, -0.05) is 17.7 Å². The molecule has 1 aliphatic rings. The van der Waals surface area contributed by atoms with Gasteiger partial charge in [-0.25, -0.2) is 0 Å². The second kappa shape index (κ2) is 9.70. The Labute approximate surface area is 194 Å².